The zero-order valence-corrected chi connectivity index (χ0v) is 11.9. The summed E-state index contributed by atoms with van der Waals surface area (Å²) in [5.41, 5.74) is 0.224. The Kier molecular flexibility index (Phi) is 3.67. The SMILES string of the molecule is Cc1cc(S(=O)(=O)NC2CCS(=O)(=O)C2)ccc1F. The van der Waals surface area contributed by atoms with Gasteiger partial charge in [0.15, 0.2) is 9.84 Å². The molecule has 0 saturated carbocycles. The van der Waals surface area contributed by atoms with Crippen molar-refractivity contribution in [3.63, 3.8) is 0 Å². The average Bonchev–Trinajstić information content (AvgIpc) is 2.61. The number of hydrogen-bond donors (Lipinski definition) is 1. The Bertz CT molecular complexity index is 697. The highest BCUT2D eigenvalue weighted by Gasteiger charge is 2.31. The predicted octanol–water partition coefficient (Wildman–Crippen LogP) is 0.600. The minimum Gasteiger partial charge on any atom is -0.229 e. The van der Waals surface area contributed by atoms with Crippen molar-refractivity contribution < 1.29 is 21.2 Å². The number of nitrogens with one attached hydrogen (secondary N) is 1. The quantitative estimate of drug-likeness (QED) is 0.887. The Morgan fingerprint density at radius 1 is 1.37 bits per heavy atom. The first-order valence-corrected chi connectivity index (χ1v) is 8.99. The van der Waals surface area contributed by atoms with E-state index in [2.05, 4.69) is 4.72 Å². The fraction of sp³-hybridized carbons (Fsp3) is 0.455. The van der Waals surface area contributed by atoms with Gasteiger partial charge in [0.25, 0.3) is 0 Å². The van der Waals surface area contributed by atoms with Crippen LogP contribution in [0.15, 0.2) is 23.1 Å². The van der Waals surface area contributed by atoms with Crippen molar-refractivity contribution in [2.75, 3.05) is 11.5 Å². The minimum atomic E-state index is -3.81. The smallest absolute Gasteiger partial charge is 0.229 e. The van der Waals surface area contributed by atoms with E-state index in [1.165, 1.54) is 13.0 Å². The zero-order valence-electron chi connectivity index (χ0n) is 10.3. The van der Waals surface area contributed by atoms with Crippen LogP contribution in [0, 0.1) is 12.7 Å². The van der Waals surface area contributed by atoms with Crippen molar-refractivity contribution in [1.29, 1.82) is 0 Å². The van der Waals surface area contributed by atoms with Crippen LogP contribution in [0.5, 0.6) is 0 Å². The zero-order chi connectivity index (χ0) is 14.3. The number of rotatable bonds is 3. The number of sulfone groups is 1. The molecule has 1 saturated heterocycles. The van der Waals surface area contributed by atoms with Gasteiger partial charge in [-0.05, 0) is 37.1 Å². The van der Waals surface area contributed by atoms with Crippen molar-refractivity contribution in [3.05, 3.63) is 29.6 Å². The molecular formula is C11H14FNO4S2. The summed E-state index contributed by atoms with van der Waals surface area (Å²) in [6.07, 6.45) is 0.266. The summed E-state index contributed by atoms with van der Waals surface area (Å²) in [4.78, 5) is -0.0595. The van der Waals surface area contributed by atoms with Crippen molar-refractivity contribution in [2.45, 2.75) is 24.3 Å². The highest BCUT2D eigenvalue weighted by Crippen LogP contribution is 2.17. The maximum absolute atomic E-state index is 13.1. The largest absolute Gasteiger partial charge is 0.240 e. The van der Waals surface area contributed by atoms with E-state index in [1.54, 1.807) is 0 Å². The van der Waals surface area contributed by atoms with Gasteiger partial charge in [-0.2, -0.15) is 0 Å². The highest BCUT2D eigenvalue weighted by atomic mass is 32.2. The molecule has 0 spiro atoms. The molecule has 0 aliphatic carbocycles. The normalized spacial score (nSPS) is 22.5. The summed E-state index contributed by atoms with van der Waals surface area (Å²) in [6.45, 7) is 1.47. The van der Waals surface area contributed by atoms with E-state index < -0.39 is 31.7 Å². The van der Waals surface area contributed by atoms with Gasteiger partial charge in [0, 0.05) is 6.04 Å². The molecule has 0 aromatic heterocycles. The molecule has 1 fully saturated rings. The summed E-state index contributed by atoms with van der Waals surface area (Å²) in [5, 5.41) is 0. The average molecular weight is 307 g/mol. The molecule has 1 aliphatic rings. The molecule has 0 bridgehead atoms. The van der Waals surface area contributed by atoms with Crippen LogP contribution in [-0.4, -0.2) is 34.4 Å². The van der Waals surface area contributed by atoms with Crippen LogP contribution in [0.4, 0.5) is 4.39 Å². The van der Waals surface area contributed by atoms with E-state index in [-0.39, 0.29) is 28.4 Å². The van der Waals surface area contributed by atoms with Crippen LogP contribution in [-0.2, 0) is 19.9 Å². The molecule has 2 rings (SSSR count). The molecule has 1 N–H and O–H groups in total. The summed E-state index contributed by atoms with van der Waals surface area (Å²) in [5.74, 6) is -0.683. The molecule has 8 heteroatoms. The van der Waals surface area contributed by atoms with E-state index in [0.29, 0.717) is 0 Å². The second-order valence-corrected chi connectivity index (χ2v) is 8.57. The third-order valence-electron chi connectivity index (χ3n) is 2.99. The molecule has 0 amide bonds. The number of halogens is 1. The third kappa shape index (κ3) is 3.31. The van der Waals surface area contributed by atoms with Crippen LogP contribution in [0.1, 0.15) is 12.0 Å². The number of hydrogen-bond acceptors (Lipinski definition) is 4. The van der Waals surface area contributed by atoms with Crippen LogP contribution in [0.25, 0.3) is 0 Å². The molecule has 1 aromatic rings. The van der Waals surface area contributed by atoms with Gasteiger partial charge in [-0.25, -0.2) is 25.9 Å². The number of sulfonamides is 1. The monoisotopic (exact) mass is 307 g/mol. The summed E-state index contributed by atoms with van der Waals surface area (Å²) < 4.78 is 62.1. The molecular weight excluding hydrogens is 293 g/mol. The van der Waals surface area contributed by atoms with Crippen LogP contribution in [0.3, 0.4) is 0 Å². The van der Waals surface area contributed by atoms with Gasteiger partial charge in [0.05, 0.1) is 16.4 Å². The Morgan fingerprint density at radius 3 is 2.58 bits per heavy atom. The summed E-state index contributed by atoms with van der Waals surface area (Å²) >= 11 is 0. The van der Waals surface area contributed by atoms with Gasteiger partial charge < -0.3 is 0 Å². The van der Waals surface area contributed by atoms with E-state index in [4.69, 9.17) is 0 Å². The Morgan fingerprint density at radius 2 is 2.05 bits per heavy atom. The number of benzene rings is 1. The van der Waals surface area contributed by atoms with Gasteiger partial charge in [-0.15, -0.1) is 0 Å². The fourth-order valence-electron chi connectivity index (χ4n) is 1.96. The second-order valence-electron chi connectivity index (χ2n) is 4.63. The Balaban J connectivity index is 2.21. The number of aryl methyl sites for hydroxylation is 1. The first-order valence-electron chi connectivity index (χ1n) is 5.68. The van der Waals surface area contributed by atoms with Gasteiger partial charge in [0.2, 0.25) is 10.0 Å². The Labute approximate surface area is 111 Å². The molecule has 0 radical (unpaired) electrons. The topological polar surface area (TPSA) is 80.3 Å². The molecule has 1 aromatic carbocycles. The van der Waals surface area contributed by atoms with Crippen LogP contribution < -0.4 is 4.72 Å². The maximum atomic E-state index is 13.1. The molecule has 1 atom stereocenters. The minimum absolute atomic E-state index is 0.0113. The molecule has 106 valence electrons. The summed E-state index contributed by atoms with van der Waals surface area (Å²) in [6, 6.07) is 2.85. The lowest BCUT2D eigenvalue weighted by Gasteiger charge is -2.12. The van der Waals surface area contributed by atoms with E-state index >= 15 is 0 Å². The Hall–Kier alpha value is -0.990. The standard InChI is InChI=1S/C11H14FNO4S2/c1-8-6-10(2-3-11(8)12)19(16,17)13-9-4-5-18(14,15)7-9/h2-3,6,9,13H,4-5,7H2,1H3. The first-order chi connectivity index (χ1) is 8.70. The van der Waals surface area contributed by atoms with Gasteiger partial charge in [0.1, 0.15) is 5.82 Å². The first kappa shape index (κ1) is 14.4. The lowest BCUT2D eigenvalue weighted by atomic mass is 10.2. The van der Waals surface area contributed by atoms with Crippen molar-refractivity contribution in [3.8, 4) is 0 Å². The van der Waals surface area contributed by atoms with E-state index in [9.17, 15) is 21.2 Å². The summed E-state index contributed by atoms with van der Waals surface area (Å²) in [7, 11) is -6.97. The third-order valence-corrected chi connectivity index (χ3v) is 6.28. The second kappa shape index (κ2) is 4.84. The van der Waals surface area contributed by atoms with Gasteiger partial charge in [-0.3, -0.25) is 0 Å². The van der Waals surface area contributed by atoms with Gasteiger partial charge >= 0.3 is 0 Å². The van der Waals surface area contributed by atoms with E-state index in [0.717, 1.165) is 12.1 Å². The maximum Gasteiger partial charge on any atom is 0.240 e. The van der Waals surface area contributed by atoms with E-state index in [1.807, 2.05) is 0 Å². The molecule has 1 aliphatic heterocycles. The molecule has 19 heavy (non-hydrogen) atoms. The highest BCUT2D eigenvalue weighted by molar-refractivity contribution is 7.92. The molecule has 1 heterocycles. The predicted molar refractivity (Wildman–Crippen MR) is 68.5 cm³/mol. The van der Waals surface area contributed by atoms with Crippen molar-refractivity contribution in [2.24, 2.45) is 0 Å². The fourth-order valence-corrected chi connectivity index (χ4v) is 5.09. The van der Waals surface area contributed by atoms with Crippen molar-refractivity contribution >= 4 is 19.9 Å². The van der Waals surface area contributed by atoms with Crippen LogP contribution >= 0.6 is 0 Å². The van der Waals surface area contributed by atoms with Crippen molar-refractivity contribution in [1.82, 2.24) is 4.72 Å². The lowest BCUT2D eigenvalue weighted by Crippen LogP contribution is -2.35. The van der Waals surface area contributed by atoms with Gasteiger partial charge in [-0.1, -0.05) is 0 Å². The molecule has 1 unspecified atom stereocenters. The van der Waals surface area contributed by atoms with Crippen LogP contribution in [0.2, 0.25) is 0 Å². The molecule has 5 nitrogen and oxygen atoms in total. The lowest BCUT2D eigenvalue weighted by molar-refractivity contribution is 0.561.